The second-order valence-electron chi connectivity index (χ2n) is 5.99. The van der Waals surface area contributed by atoms with E-state index in [4.69, 9.17) is 29.6 Å². The molecular weight excluding hydrogens is 365 g/mol. The lowest BCUT2D eigenvalue weighted by Crippen LogP contribution is -2.49. The number of amides is 1. The molecule has 6 nitrogen and oxygen atoms in total. The van der Waals surface area contributed by atoms with E-state index in [0.29, 0.717) is 29.8 Å². The van der Waals surface area contributed by atoms with Gasteiger partial charge in [0.25, 0.3) is 0 Å². The van der Waals surface area contributed by atoms with E-state index < -0.39 is 23.1 Å². The molecule has 0 saturated heterocycles. The van der Waals surface area contributed by atoms with Crippen LogP contribution in [0.2, 0.25) is 10.0 Å². The number of rotatable bonds is 8. The Balaban J connectivity index is 2.05. The highest BCUT2D eigenvalue weighted by molar-refractivity contribution is 6.42. The molecule has 25 heavy (non-hydrogen) atoms. The maximum Gasteiger partial charge on any atom is 0.333 e. The van der Waals surface area contributed by atoms with Gasteiger partial charge in [-0.3, -0.25) is 4.79 Å². The summed E-state index contributed by atoms with van der Waals surface area (Å²) in [4.78, 5) is 24.0. The van der Waals surface area contributed by atoms with Crippen LogP contribution in [0.4, 0.5) is 0 Å². The molecule has 2 N–H and O–H groups in total. The van der Waals surface area contributed by atoms with Crippen molar-refractivity contribution < 1.29 is 14.7 Å². The predicted octanol–water partition coefficient (Wildman–Crippen LogP) is 3.77. The van der Waals surface area contributed by atoms with Gasteiger partial charge in [-0.05, 0) is 24.6 Å². The number of hydrogen-bond acceptors (Lipinski definition) is 4. The van der Waals surface area contributed by atoms with Crippen molar-refractivity contribution >= 4 is 35.1 Å². The summed E-state index contributed by atoms with van der Waals surface area (Å²) in [5, 5.41) is 20.6. The molecule has 0 spiro atoms. The predicted molar refractivity (Wildman–Crippen MR) is 94.5 cm³/mol. The number of aliphatic carboxylic acids is 1. The van der Waals surface area contributed by atoms with Crippen molar-refractivity contribution in [2.24, 2.45) is 10.2 Å². The molecule has 1 heterocycles. The fraction of sp³-hybridized carbons (Fsp3) is 0.412. The van der Waals surface area contributed by atoms with Crippen LogP contribution >= 0.6 is 23.2 Å². The molecule has 1 aromatic carbocycles. The number of halogens is 2. The van der Waals surface area contributed by atoms with E-state index in [1.807, 2.05) is 0 Å². The summed E-state index contributed by atoms with van der Waals surface area (Å²) >= 11 is 11.8. The van der Waals surface area contributed by atoms with E-state index in [9.17, 15) is 14.7 Å². The minimum absolute atomic E-state index is 0.0851. The van der Waals surface area contributed by atoms with Gasteiger partial charge in [-0.1, -0.05) is 29.3 Å². The highest BCUT2D eigenvalue weighted by Gasteiger charge is 2.41. The van der Waals surface area contributed by atoms with Crippen molar-refractivity contribution in [1.29, 1.82) is 0 Å². The molecule has 0 radical (unpaired) electrons. The number of hydrogen-bond donors (Lipinski definition) is 2. The molecule has 1 amide bonds. The van der Waals surface area contributed by atoms with Gasteiger partial charge in [-0.15, -0.1) is 12.3 Å². The Labute approximate surface area is 155 Å². The second kappa shape index (κ2) is 7.42. The first kappa shape index (κ1) is 19.2. The van der Waals surface area contributed by atoms with E-state index in [1.165, 1.54) is 25.1 Å². The largest absolute Gasteiger partial charge is 0.479 e. The van der Waals surface area contributed by atoms with Crippen molar-refractivity contribution in [3.8, 4) is 12.3 Å². The summed E-state index contributed by atoms with van der Waals surface area (Å²) in [6.07, 6.45) is 6.80. The van der Waals surface area contributed by atoms with Gasteiger partial charge in [0.1, 0.15) is 0 Å². The first-order valence-electron chi connectivity index (χ1n) is 7.60. The number of carboxylic acid groups (broad SMARTS) is 1. The minimum atomic E-state index is -1.63. The third kappa shape index (κ3) is 4.50. The molecule has 1 aliphatic rings. The SMILES string of the molecule is C#CCCC1(CCC(=O)NC(C)(C(=O)O)c2ccc(Cl)c(Cl)c2)N=N1. The molecule has 132 valence electrons. The summed E-state index contributed by atoms with van der Waals surface area (Å²) < 4.78 is 0. The number of benzene rings is 1. The Hall–Kier alpha value is -2.10. The normalized spacial score (nSPS) is 16.6. The highest BCUT2D eigenvalue weighted by atomic mass is 35.5. The van der Waals surface area contributed by atoms with Crippen LogP contribution in [-0.2, 0) is 15.1 Å². The van der Waals surface area contributed by atoms with Gasteiger partial charge in [0.05, 0.1) is 10.0 Å². The van der Waals surface area contributed by atoms with Crippen molar-refractivity contribution in [3.05, 3.63) is 33.8 Å². The molecule has 0 bridgehead atoms. The van der Waals surface area contributed by atoms with Gasteiger partial charge >= 0.3 is 5.97 Å². The monoisotopic (exact) mass is 381 g/mol. The zero-order valence-electron chi connectivity index (χ0n) is 13.6. The third-order valence-electron chi connectivity index (χ3n) is 4.12. The molecule has 0 aromatic heterocycles. The number of terminal acetylenes is 1. The minimum Gasteiger partial charge on any atom is -0.479 e. The van der Waals surface area contributed by atoms with Crippen LogP contribution in [0.25, 0.3) is 0 Å². The van der Waals surface area contributed by atoms with Crippen LogP contribution in [0.1, 0.15) is 38.2 Å². The molecule has 0 saturated carbocycles. The van der Waals surface area contributed by atoms with E-state index >= 15 is 0 Å². The molecule has 1 aliphatic heterocycles. The molecule has 1 aromatic rings. The number of nitrogens with zero attached hydrogens (tertiary/aromatic N) is 2. The average molecular weight is 382 g/mol. The molecular formula is C17H17Cl2N3O3. The molecule has 0 aliphatic carbocycles. The summed E-state index contributed by atoms with van der Waals surface area (Å²) in [5.41, 5.74) is -1.90. The van der Waals surface area contributed by atoms with Gasteiger partial charge in [-0.2, -0.15) is 10.2 Å². The average Bonchev–Trinajstić information content (AvgIpc) is 3.33. The maximum atomic E-state index is 12.3. The first-order valence-corrected chi connectivity index (χ1v) is 8.35. The second-order valence-corrected chi connectivity index (χ2v) is 6.81. The lowest BCUT2D eigenvalue weighted by Gasteiger charge is -2.27. The Kier molecular flexibility index (Phi) is 5.71. The molecule has 8 heteroatoms. The van der Waals surface area contributed by atoms with Gasteiger partial charge in [0.15, 0.2) is 11.2 Å². The van der Waals surface area contributed by atoms with E-state index in [1.54, 1.807) is 0 Å². The van der Waals surface area contributed by atoms with Crippen molar-refractivity contribution in [3.63, 3.8) is 0 Å². The Morgan fingerprint density at radius 1 is 1.32 bits per heavy atom. The summed E-state index contributed by atoms with van der Waals surface area (Å²) in [5.74, 6) is 0.885. The standard InChI is InChI=1S/C17H17Cl2N3O3/c1-3-4-8-17(21-22-17)9-7-14(23)20-16(2,15(24)25)11-5-6-12(18)13(19)10-11/h1,5-6,10H,4,7-9H2,2H3,(H,20,23)(H,24,25). The van der Waals surface area contributed by atoms with Crippen LogP contribution in [0, 0.1) is 12.3 Å². The Morgan fingerprint density at radius 2 is 2.00 bits per heavy atom. The van der Waals surface area contributed by atoms with Crippen molar-refractivity contribution in [2.45, 2.75) is 43.8 Å². The maximum absolute atomic E-state index is 12.3. The van der Waals surface area contributed by atoms with E-state index in [2.05, 4.69) is 21.5 Å². The molecule has 1 unspecified atom stereocenters. The van der Waals surface area contributed by atoms with Crippen LogP contribution in [-0.4, -0.2) is 22.6 Å². The zero-order chi connectivity index (χ0) is 18.7. The fourth-order valence-electron chi connectivity index (χ4n) is 2.38. The number of carboxylic acids is 1. The topological polar surface area (TPSA) is 91.1 Å². The first-order chi connectivity index (χ1) is 11.7. The zero-order valence-corrected chi connectivity index (χ0v) is 15.1. The van der Waals surface area contributed by atoms with E-state index in [-0.39, 0.29) is 11.4 Å². The Morgan fingerprint density at radius 3 is 2.52 bits per heavy atom. The summed E-state index contributed by atoms with van der Waals surface area (Å²) in [6.45, 7) is 1.40. The van der Waals surface area contributed by atoms with Crippen LogP contribution in [0.15, 0.2) is 28.4 Å². The van der Waals surface area contributed by atoms with Gasteiger partial charge in [0, 0.05) is 25.7 Å². The smallest absolute Gasteiger partial charge is 0.333 e. The molecule has 1 atom stereocenters. The summed E-state index contributed by atoms with van der Waals surface area (Å²) in [6, 6.07) is 4.43. The lowest BCUT2D eigenvalue weighted by atomic mass is 9.91. The molecule has 2 rings (SSSR count). The number of carbonyl (C=O) groups is 2. The van der Waals surface area contributed by atoms with Crippen LogP contribution in [0.3, 0.4) is 0 Å². The lowest BCUT2D eigenvalue weighted by molar-refractivity contribution is -0.147. The third-order valence-corrected chi connectivity index (χ3v) is 4.86. The van der Waals surface area contributed by atoms with Gasteiger partial charge in [0.2, 0.25) is 5.91 Å². The highest BCUT2D eigenvalue weighted by Crippen LogP contribution is 2.37. The van der Waals surface area contributed by atoms with Crippen LogP contribution < -0.4 is 5.32 Å². The van der Waals surface area contributed by atoms with E-state index in [0.717, 1.165) is 0 Å². The van der Waals surface area contributed by atoms with Crippen LogP contribution in [0.5, 0.6) is 0 Å². The number of nitrogens with one attached hydrogen (secondary N) is 1. The van der Waals surface area contributed by atoms with Crippen molar-refractivity contribution in [2.75, 3.05) is 0 Å². The van der Waals surface area contributed by atoms with Crippen molar-refractivity contribution in [1.82, 2.24) is 5.32 Å². The molecule has 0 fully saturated rings. The fourth-order valence-corrected chi connectivity index (χ4v) is 2.68. The Bertz CT molecular complexity index is 767. The quantitative estimate of drug-likeness (QED) is 0.671. The number of carbonyl (C=O) groups excluding carboxylic acids is 1. The summed E-state index contributed by atoms with van der Waals surface area (Å²) in [7, 11) is 0. The van der Waals surface area contributed by atoms with Gasteiger partial charge in [-0.25, -0.2) is 4.79 Å². The van der Waals surface area contributed by atoms with Gasteiger partial charge < -0.3 is 10.4 Å².